The van der Waals surface area contributed by atoms with E-state index in [0.29, 0.717) is 27.1 Å². The molecule has 134 valence electrons. The molecule has 1 aromatic heterocycles. The second kappa shape index (κ2) is 7.66. The maximum atomic E-state index is 13.8. The highest BCUT2D eigenvalue weighted by molar-refractivity contribution is 8.00. The molecule has 0 atom stereocenters. The first-order valence-electron chi connectivity index (χ1n) is 7.61. The third-order valence-corrected chi connectivity index (χ3v) is 6.37. The van der Waals surface area contributed by atoms with E-state index in [2.05, 4.69) is 5.10 Å². The van der Waals surface area contributed by atoms with Crippen molar-refractivity contribution in [1.29, 1.82) is 0 Å². The van der Waals surface area contributed by atoms with Crippen LogP contribution in [0, 0.1) is 9.77 Å². The van der Waals surface area contributed by atoms with Crippen LogP contribution in [0.1, 0.15) is 11.1 Å². The van der Waals surface area contributed by atoms with Crippen molar-refractivity contribution in [2.45, 2.75) is 16.7 Å². The summed E-state index contributed by atoms with van der Waals surface area (Å²) < 4.78 is 27.7. The Hall–Kier alpha value is -1.45. The van der Waals surface area contributed by atoms with Crippen molar-refractivity contribution in [1.82, 2.24) is 9.78 Å². The Morgan fingerprint density at radius 1 is 1.31 bits per heavy atom. The summed E-state index contributed by atoms with van der Waals surface area (Å²) in [7, 11) is 0. The van der Waals surface area contributed by atoms with Gasteiger partial charge in [0, 0.05) is 21.9 Å². The maximum Gasteiger partial charge on any atom is 0.189 e. The highest BCUT2D eigenvalue weighted by Gasteiger charge is 2.18. The standard InChI is InChI=1S/C17H12ClFN2O2S3/c18-12-1-3-14(4-2-12)21-17(24)26-16(20-21)25-8-11-6-13(19)5-10-7-22-9-23-15(10)11/h1-6H,7-9H2. The molecule has 0 amide bonds. The van der Waals surface area contributed by atoms with Crippen molar-refractivity contribution in [3.63, 3.8) is 0 Å². The zero-order chi connectivity index (χ0) is 18.1. The molecule has 0 fully saturated rings. The van der Waals surface area contributed by atoms with Crippen LogP contribution in [0.15, 0.2) is 40.7 Å². The van der Waals surface area contributed by atoms with E-state index in [4.69, 9.17) is 33.3 Å². The summed E-state index contributed by atoms with van der Waals surface area (Å²) in [5.41, 5.74) is 2.37. The molecule has 0 radical (unpaired) electrons. The van der Waals surface area contributed by atoms with E-state index in [1.807, 2.05) is 12.1 Å². The molecule has 0 spiro atoms. The molecule has 3 aromatic rings. The lowest BCUT2D eigenvalue weighted by Crippen LogP contribution is -2.13. The number of fused-ring (bicyclic) bond motifs is 1. The first-order chi connectivity index (χ1) is 12.6. The second-order valence-electron chi connectivity index (χ2n) is 5.47. The van der Waals surface area contributed by atoms with Gasteiger partial charge in [0.05, 0.1) is 12.3 Å². The van der Waals surface area contributed by atoms with Crippen LogP contribution in [0.5, 0.6) is 5.75 Å². The number of hydrogen-bond donors (Lipinski definition) is 0. The Kier molecular flexibility index (Phi) is 5.28. The van der Waals surface area contributed by atoms with Crippen molar-refractivity contribution in [3.8, 4) is 11.4 Å². The number of rotatable bonds is 4. The minimum atomic E-state index is -0.298. The molecule has 1 aliphatic heterocycles. The Balaban J connectivity index is 1.56. The molecule has 9 heteroatoms. The highest BCUT2D eigenvalue weighted by Crippen LogP contribution is 2.35. The Morgan fingerprint density at radius 2 is 2.12 bits per heavy atom. The summed E-state index contributed by atoms with van der Waals surface area (Å²) in [6, 6.07) is 10.3. The van der Waals surface area contributed by atoms with Gasteiger partial charge >= 0.3 is 0 Å². The molecule has 2 heterocycles. The van der Waals surface area contributed by atoms with Gasteiger partial charge in [-0.3, -0.25) is 0 Å². The fourth-order valence-corrected chi connectivity index (χ4v) is 5.02. The fourth-order valence-electron chi connectivity index (χ4n) is 2.57. The first kappa shape index (κ1) is 17.9. The number of ether oxygens (including phenoxy) is 2. The minimum absolute atomic E-state index is 0.181. The molecular weight excluding hydrogens is 415 g/mol. The molecule has 0 N–H and O–H groups in total. The van der Waals surface area contributed by atoms with Crippen molar-refractivity contribution in [2.75, 3.05) is 6.79 Å². The van der Waals surface area contributed by atoms with Crippen LogP contribution in [0.25, 0.3) is 5.69 Å². The summed E-state index contributed by atoms with van der Waals surface area (Å²) in [6.07, 6.45) is 0. The number of nitrogens with zero attached hydrogens (tertiary/aromatic N) is 2. The highest BCUT2D eigenvalue weighted by atomic mass is 35.5. The Morgan fingerprint density at radius 3 is 2.92 bits per heavy atom. The average Bonchev–Trinajstić information content (AvgIpc) is 3.01. The summed E-state index contributed by atoms with van der Waals surface area (Å²) in [4.78, 5) is 0. The smallest absolute Gasteiger partial charge is 0.189 e. The number of hydrogen-bond acceptors (Lipinski definition) is 6. The van der Waals surface area contributed by atoms with Gasteiger partial charge in [0.15, 0.2) is 15.1 Å². The average molecular weight is 427 g/mol. The minimum Gasteiger partial charge on any atom is -0.467 e. The normalized spacial score (nSPS) is 13.3. The molecule has 4 nitrogen and oxygen atoms in total. The van der Waals surface area contributed by atoms with Gasteiger partial charge in [0.2, 0.25) is 0 Å². The summed E-state index contributed by atoms with van der Waals surface area (Å²) >= 11 is 14.2. The van der Waals surface area contributed by atoms with Crippen molar-refractivity contribution >= 4 is 46.9 Å². The molecule has 0 unspecified atom stereocenters. The van der Waals surface area contributed by atoms with Gasteiger partial charge in [-0.15, -0.1) is 5.10 Å². The lowest BCUT2D eigenvalue weighted by atomic mass is 10.1. The van der Waals surface area contributed by atoms with Gasteiger partial charge in [0.1, 0.15) is 11.6 Å². The zero-order valence-electron chi connectivity index (χ0n) is 13.3. The molecule has 0 aliphatic carbocycles. The molecule has 0 bridgehead atoms. The van der Waals surface area contributed by atoms with Crippen LogP contribution >= 0.6 is 46.9 Å². The van der Waals surface area contributed by atoms with Gasteiger partial charge < -0.3 is 9.47 Å². The second-order valence-corrected chi connectivity index (χ2v) is 8.76. The zero-order valence-corrected chi connectivity index (χ0v) is 16.5. The van der Waals surface area contributed by atoms with Crippen LogP contribution in [0.2, 0.25) is 5.02 Å². The largest absolute Gasteiger partial charge is 0.467 e. The van der Waals surface area contributed by atoms with Crippen molar-refractivity contribution in [2.24, 2.45) is 0 Å². The van der Waals surface area contributed by atoms with Crippen LogP contribution < -0.4 is 4.74 Å². The molecule has 26 heavy (non-hydrogen) atoms. The maximum absolute atomic E-state index is 13.8. The summed E-state index contributed by atoms with van der Waals surface area (Å²) in [5.74, 6) is 0.932. The quantitative estimate of drug-likeness (QED) is 0.400. The topological polar surface area (TPSA) is 36.3 Å². The monoisotopic (exact) mass is 426 g/mol. The summed E-state index contributed by atoms with van der Waals surface area (Å²) in [6.45, 7) is 0.537. The van der Waals surface area contributed by atoms with Gasteiger partial charge in [-0.25, -0.2) is 9.07 Å². The summed E-state index contributed by atoms with van der Waals surface area (Å²) in [5, 5.41) is 5.21. The third-order valence-electron chi connectivity index (χ3n) is 3.70. The predicted molar refractivity (Wildman–Crippen MR) is 104 cm³/mol. The lowest BCUT2D eigenvalue weighted by Gasteiger charge is -2.20. The van der Waals surface area contributed by atoms with Gasteiger partial charge in [-0.2, -0.15) is 0 Å². The molecule has 0 saturated heterocycles. The van der Waals surface area contributed by atoms with Crippen LogP contribution in [-0.4, -0.2) is 16.6 Å². The van der Waals surface area contributed by atoms with Crippen LogP contribution in [-0.2, 0) is 17.1 Å². The van der Waals surface area contributed by atoms with Crippen molar-refractivity contribution in [3.05, 3.63) is 62.3 Å². The number of thioether (sulfide) groups is 1. The van der Waals surface area contributed by atoms with Crippen molar-refractivity contribution < 1.29 is 13.9 Å². The van der Waals surface area contributed by atoms with E-state index in [1.165, 1.54) is 35.2 Å². The number of halogens is 2. The van der Waals surface area contributed by atoms with Crippen LogP contribution in [0.3, 0.4) is 0 Å². The predicted octanol–water partition coefficient (Wildman–Crippen LogP) is 5.61. The molecule has 2 aromatic carbocycles. The Labute approximate surface area is 167 Å². The van der Waals surface area contributed by atoms with E-state index in [1.54, 1.807) is 16.8 Å². The third kappa shape index (κ3) is 3.79. The lowest BCUT2D eigenvalue weighted by molar-refractivity contribution is -0.0171. The molecular formula is C17H12ClFN2O2S3. The van der Waals surface area contributed by atoms with Gasteiger partial charge in [-0.1, -0.05) is 34.7 Å². The van der Waals surface area contributed by atoms with Gasteiger partial charge in [0.25, 0.3) is 0 Å². The van der Waals surface area contributed by atoms with E-state index in [-0.39, 0.29) is 12.6 Å². The van der Waals surface area contributed by atoms with Crippen LogP contribution in [0.4, 0.5) is 4.39 Å². The fraction of sp³-hybridized carbons (Fsp3) is 0.176. The van der Waals surface area contributed by atoms with E-state index in [9.17, 15) is 4.39 Å². The first-order valence-corrected chi connectivity index (χ1v) is 10.2. The number of aromatic nitrogens is 2. The Bertz CT molecular complexity index is 1000. The van der Waals surface area contributed by atoms with E-state index < -0.39 is 0 Å². The van der Waals surface area contributed by atoms with E-state index >= 15 is 0 Å². The number of benzene rings is 2. The van der Waals surface area contributed by atoms with E-state index in [0.717, 1.165) is 21.2 Å². The molecule has 0 saturated carbocycles. The molecule has 4 rings (SSSR count). The molecule has 1 aliphatic rings. The SMILES string of the molecule is Fc1cc2c(c(CSc3nn(-c4ccc(Cl)cc4)c(=S)s3)c1)OCOC2. The van der Waals surface area contributed by atoms with Gasteiger partial charge in [-0.05, 0) is 48.6 Å².